The molecule has 6 heterocycles. The molecule has 234 valence electrons. The van der Waals surface area contributed by atoms with Crippen LogP contribution < -0.4 is 0 Å². The number of nitrogens with zero attached hydrogens (tertiary/aromatic N) is 6. The summed E-state index contributed by atoms with van der Waals surface area (Å²) in [6, 6.07) is 36.9. The Labute approximate surface area is 283 Å². The minimum atomic E-state index is -0.209. The molecule has 8 heteroatoms. The highest BCUT2D eigenvalue weighted by molar-refractivity contribution is 5.85. The summed E-state index contributed by atoms with van der Waals surface area (Å²) in [5, 5.41) is 0. The van der Waals surface area contributed by atoms with Crippen LogP contribution in [0.1, 0.15) is 25.0 Å². The van der Waals surface area contributed by atoms with Gasteiger partial charge in [0.25, 0.3) is 0 Å². The summed E-state index contributed by atoms with van der Waals surface area (Å²) < 4.78 is 0. The molecule has 2 N–H and O–H groups in total. The highest BCUT2D eigenvalue weighted by atomic mass is 15.0. The zero-order valence-electron chi connectivity index (χ0n) is 26.9. The first-order valence-corrected chi connectivity index (χ1v) is 16.2. The second-order valence-electron chi connectivity index (χ2n) is 12.7. The minimum Gasteiger partial charge on any atom is -0.337 e. The van der Waals surface area contributed by atoms with Gasteiger partial charge in [-0.1, -0.05) is 62.4 Å². The number of rotatable bonds is 6. The van der Waals surface area contributed by atoms with Crippen LogP contribution in [0.25, 0.3) is 79.5 Å². The maximum Gasteiger partial charge on any atom is 0.156 e. The molecule has 0 aliphatic heterocycles. The van der Waals surface area contributed by atoms with Gasteiger partial charge in [0.15, 0.2) is 11.6 Å². The number of aromatic nitrogens is 8. The van der Waals surface area contributed by atoms with E-state index in [4.69, 9.17) is 19.9 Å². The fourth-order valence-electron chi connectivity index (χ4n) is 6.72. The minimum absolute atomic E-state index is 0.209. The first-order chi connectivity index (χ1) is 24.0. The third-order valence-corrected chi connectivity index (χ3v) is 9.29. The maximum absolute atomic E-state index is 4.83. The van der Waals surface area contributed by atoms with Crippen molar-refractivity contribution in [3.8, 4) is 79.5 Å². The van der Waals surface area contributed by atoms with E-state index in [1.165, 1.54) is 22.3 Å². The molecule has 6 aromatic heterocycles. The van der Waals surface area contributed by atoms with Gasteiger partial charge in [-0.15, -0.1) is 0 Å². The molecule has 0 radical (unpaired) electrons. The molecule has 8 aromatic rings. The Kier molecular flexibility index (Phi) is 6.62. The number of pyridine rings is 4. The second kappa shape index (κ2) is 11.3. The van der Waals surface area contributed by atoms with Crippen LogP contribution in [0.15, 0.2) is 134 Å². The number of hydrogen-bond acceptors (Lipinski definition) is 6. The highest BCUT2D eigenvalue weighted by Gasteiger charge is 2.36. The Bertz CT molecular complexity index is 2300. The van der Waals surface area contributed by atoms with E-state index in [0.717, 1.165) is 68.3 Å². The molecule has 0 spiro atoms. The number of fused-ring (bicyclic) bond motifs is 3. The molecular formula is C41H30N8. The molecule has 0 unspecified atom stereocenters. The van der Waals surface area contributed by atoms with Crippen molar-refractivity contribution in [1.29, 1.82) is 0 Å². The lowest BCUT2D eigenvalue weighted by Crippen LogP contribution is -2.15. The number of benzene rings is 2. The summed E-state index contributed by atoms with van der Waals surface area (Å²) in [5.74, 6) is 1.44. The zero-order chi connectivity index (χ0) is 33.0. The summed E-state index contributed by atoms with van der Waals surface area (Å²) in [7, 11) is 0. The van der Waals surface area contributed by atoms with Crippen molar-refractivity contribution < 1.29 is 0 Å². The van der Waals surface area contributed by atoms with E-state index in [1.54, 1.807) is 12.4 Å². The predicted octanol–water partition coefficient (Wildman–Crippen LogP) is 9.02. The average molecular weight is 635 g/mol. The summed E-state index contributed by atoms with van der Waals surface area (Å²) in [5.41, 5.74) is 13.7. The fraction of sp³-hybridized carbons (Fsp3) is 0.0732. The van der Waals surface area contributed by atoms with E-state index in [2.05, 4.69) is 70.2 Å². The highest BCUT2D eigenvalue weighted by Crippen LogP contribution is 2.50. The standard InChI is InChI=1S/C41H30N8/c1-41(2)29-21-25(37-23-44-39(48-37)35-13-7-11-33(46-35)31-9-3-5-19-42-31)15-17-27(29)28-18-16-26(22-30(28)41)38-24-45-40(49-38)36-14-8-12-34(47-36)32-10-4-6-20-43-32/h3-24H,1-2H3,(H,44,48)(H,45,49). The zero-order valence-corrected chi connectivity index (χ0v) is 26.9. The van der Waals surface area contributed by atoms with Gasteiger partial charge in [0.2, 0.25) is 0 Å². The Morgan fingerprint density at radius 1 is 0.449 bits per heavy atom. The van der Waals surface area contributed by atoms with Gasteiger partial charge in [-0.05, 0) is 94.0 Å². The number of H-pyrrole nitrogens is 2. The third kappa shape index (κ3) is 5.01. The lowest BCUT2D eigenvalue weighted by Gasteiger charge is -2.22. The Morgan fingerprint density at radius 3 is 1.35 bits per heavy atom. The van der Waals surface area contributed by atoms with E-state index in [0.29, 0.717) is 0 Å². The molecule has 1 aliphatic rings. The smallest absolute Gasteiger partial charge is 0.156 e. The predicted molar refractivity (Wildman–Crippen MR) is 192 cm³/mol. The summed E-state index contributed by atoms with van der Waals surface area (Å²) >= 11 is 0. The average Bonchev–Trinajstić information content (AvgIpc) is 3.91. The van der Waals surface area contributed by atoms with Crippen LogP contribution in [0.3, 0.4) is 0 Å². The van der Waals surface area contributed by atoms with Crippen LogP contribution in [0.5, 0.6) is 0 Å². The van der Waals surface area contributed by atoms with Crippen LogP contribution in [0.4, 0.5) is 0 Å². The van der Waals surface area contributed by atoms with Crippen molar-refractivity contribution >= 4 is 0 Å². The number of aromatic amines is 2. The first kappa shape index (κ1) is 28.7. The van der Waals surface area contributed by atoms with Crippen LogP contribution in [0.2, 0.25) is 0 Å². The Morgan fingerprint density at radius 2 is 0.898 bits per heavy atom. The van der Waals surface area contributed by atoms with Gasteiger partial charge in [-0.2, -0.15) is 0 Å². The van der Waals surface area contributed by atoms with E-state index in [-0.39, 0.29) is 5.41 Å². The van der Waals surface area contributed by atoms with E-state index >= 15 is 0 Å². The number of nitrogens with one attached hydrogen (secondary N) is 2. The van der Waals surface area contributed by atoms with Gasteiger partial charge < -0.3 is 9.97 Å². The van der Waals surface area contributed by atoms with Gasteiger partial charge in [-0.3, -0.25) is 9.97 Å². The van der Waals surface area contributed by atoms with Crippen LogP contribution in [-0.4, -0.2) is 39.9 Å². The normalized spacial score (nSPS) is 12.9. The molecule has 8 nitrogen and oxygen atoms in total. The van der Waals surface area contributed by atoms with Crippen molar-refractivity contribution in [1.82, 2.24) is 39.9 Å². The lowest BCUT2D eigenvalue weighted by molar-refractivity contribution is 0.661. The Balaban J connectivity index is 0.999. The van der Waals surface area contributed by atoms with Crippen molar-refractivity contribution in [2.24, 2.45) is 0 Å². The second-order valence-corrected chi connectivity index (χ2v) is 12.7. The van der Waals surface area contributed by atoms with E-state index in [1.807, 2.05) is 85.2 Å². The van der Waals surface area contributed by atoms with Crippen molar-refractivity contribution in [3.05, 3.63) is 145 Å². The van der Waals surface area contributed by atoms with E-state index < -0.39 is 0 Å². The third-order valence-electron chi connectivity index (χ3n) is 9.29. The van der Waals surface area contributed by atoms with Gasteiger partial charge in [0.1, 0.15) is 11.4 Å². The first-order valence-electron chi connectivity index (χ1n) is 16.2. The molecule has 0 saturated heterocycles. The molecule has 0 amide bonds. The molecule has 0 fully saturated rings. The molecule has 0 atom stereocenters. The summed E-state index contributed by atoms with van der Waals surface area (Å²) in [6.45, 7) is 4.59. The van der Waals surface area contributed by atoms with Gasteiger partial charge in [0, 0.05) is 17.8 Å². The molecule has 0 bridgehead atoms. The number of imidazole rings is 2. The van der Waals surface area contributed by atoms with E-state index in [9.17, 15) is 0 Å². The number of hydrogen-bond donors (Lipinski definition) is 2. The van der Waals surface area contributed by atoms with Crippen molar-refractivity contribution in [3.63, 3.8) is 0 Å². The SMILES string of the molecule is CC1(C)c2cc(-c3cnc(-c4cccc(-c5ccccn5)n4)[nH]3)ccc2-c2ccc(-c3cnc(-c4cccc(-c5ccccn5)n4)[nH]3)cc21. The molecule has 49 heavy (non-hydrogen) atoms. The molecular weight excluding hydrogens is 605 g/mol. The topological polar surface area (TPSA) is 109 Å². The van der Waals surface area contributed by atoms with Gasteiger partial charge >= 0.3 is 0 Å². The van der Waals surface area contributed by atoms with Crippen LogP contribution in [0, 0.1) is 0 Å². The van der Waals surface area contributed by atoms with Gasteiger partial charge in [0.05, 0.1) is 46.6 Å². The fourth-order valence-corrected chi connectivity index (χ4v) is 6.72. The molecule has 1 aliphatic carbocycles. The summed E-state index contributed by atoms with van der Waals surface area (Å²) in [4.78, 5) is 35.0. The van der Waals surface area contributed by atoms with Crippen LogP contribution >= 0.6 is 0 Å². The molecule has 2 aromatic carbocycles. The molecule has 9 rings (SSSR count). The Hall–Kier alpha value is -6.54. The largest absolute Gasteiger partial charge is 0.337 e. The van der Waals surface area contributed by atoms with Crippen molar-refractivity contribution in [2.75, 3.05) is 0 Å². The van der Waals surface area contributed by atoms with Crippen LogP contribution in [-0.2, 0) is 5.41 Å². The summed E-state index contributed by atoms with van der Waals surface area (Å²) in [6.07, 6.45) is 7.32. The molecule has 0 saturated carbocycles. The monoisotopic (exact) mass is 634 g/mol. The lowest BCUT2D eigenvalue weighted by atomic mass is 9.81. The quantitative estimate of drug-likeness (QED) is 0.189. The van der Waals surface area contributed by atoms with Crippen molar-refractivity contribution in [2.45, 2.75) is 19.3 Å². The van der Waals surface area contributed by atoms with Gasteiger partial charge in [-0.25, -0.2) is 19.9 Å². The maximum atomic E-state index is 4.83.